The minimum absolute atomic E-state index is 0.216. The first-order chi connectivity index (χ1) is 8.65. The van der Waals surface area contributed by atoms with E-state index in [1.54, 1.807) is 0 Å². The van der Waals surface area contributed by atoms with Gasteiger partial charge in [0.05, 0.1) is 12.7 Å². The molecule has 2 N–H and O–H groups in total. The summed E-state index contributed by atoms with van der Waals surface area (Å²) in [6.45, 7) is 9.65. The Kier molecular flexibility index (Phi) is 7.87. The largest absolute Gasteiger partial charge is 0.374 e. The highest BCUT2D eigenvalue weighted by Gasteiger charge is 2.26. The minimum atomic E-state index is 0.216. The Labute approximate surface area is 113 Å². The van der Waals surface area contributed by atoms with Gasteiger partial charge in [-0.1, -0.05) is 39.0 Å². The van der Waals surface area contributed by atoms with Gasteiger partial charge in [-0.15, -0.1) is 0 Å². The van der Waals surface area contributed by atoms with Crippen LogP contribution in [0.15, 0.2) is 0 Å². The number of rotatable bonds is 8. The van der Waals surface area contributed by atoms with Gasteiger partial charge in [-0.05, 0) is 20.3 Å². The van der Waals surface area contributed by atoms with Gasteiger partial charge in [0.1, 0.15) is 0 Å². The molecule has 1 rings (SSSR count). The molecule has 0 saturated carbocycles. The van der Waals surface area contributed by atoms with Gasteiger partial charge in [-0.2, -0.15) is 0 Å². The van der Waals surface area contributed by atoms with Crippen molar-refractivity contribution in [3.63, 3.8) is 0 Å². The first-order valence-corrected chi connectivity index (χ1v) is 7.76. The van der Waals surface area contributed by atoms with E-state index in [2.05, 4.69) is 25.7 Å². The molecular weight excluding hydrogens is 224 g/mol. The Bertz CT molecular complexity index is 209. The molecule has 0 spiro atoms. The van der Waals surface area contributed by atoms with Crippen molar-refractivity contribution in [2.75, 3.05) is 19.7 Å². The quantitative estimate of drug-likeness (QED) is 0.679. The second kappa shape index (κ2) is 8.89. The number of morpholine rings is 1. The van der Waals surface area contributed by atoms with Crippen LogP contribution in [0.1, 0.15) is 59.3 Å². The molecule has 18 heavy (non-hydrogen) atoms. The summed E-state index contributed by atoms with van der Waals surface area (Å²) in [5, 5.41) is 0. The van der Waals surface area contributed by atoms with Crippen LogP contribution in [0.3, 0.4) is 0 Å². The highest BCUT2D eigenvalue weighted by atomic mass is 16.5. The molecule has 1 saturated heterocycles. The molecule has 3 nitrogen and oxygen atoms in total. The predicted octanol–water partition coefficient (Wildman–Crippen LogP) is 2.78. The lowest BCUT2D eigenvalue weighted by Crippen LogP contribution is -2.52. The van der Waals surface area contributed by atoms with E-state index >= 15 is 0 Å². The van der Waals surface area contributed by atoms with Gasteiger partial charge in [-0.3, -0.25) is 4.90 Å². The summed E-state index contributed by atoms with van der Waals surface area (Å²) in [4.78, 5) is 2.48. The van der Waals surface area contributed by atoms with E-state index < -0.39 is 0 Å². The lowest BCUT2D eigenvalue weighted by Gasteiger charge is -2.37. The van der Waals surface area contributed by atoms with E-state index in [-0.39, 0.29) is 12.1 Å². The number of nitrogens with zero attached hydrogens (tertiary/aromatic N) is 1. The van der Waals surface area contributed by atoms with Crippen molar-refractivity contribution in [2.24, 2.45) is 5.73 Å². The Balaban J connectivity index is 2.18. The van der Waals surface area contributed by atoms with Crippen LogP contribution in [-0.4, -0.2) is 42.8 Å². The lowest BCUT2D eigenvalue weighted by molar-refractivity contribution is -0.0509. The molecule has 0 aliphatic carbocycles. The number of unbranched alkanes of at least 4 members (excludes halogenated alkanes) is 4. The van der Waals surface area contributed by atoms with Crippen LogP contribution in [0.2, 0.25) is 0 Å². The van der Waals surface area contributed by atoms with Crippen molar-refractivity contribution in [1.82, 2.24) is 4.90 Å². The van der Waals surface area contributed by atoms with Crippen LogP contribution in [0.4, 0.5) is 0 Å². The normalized spacial score (nSPS) is 23.5. The SMILES string of the molecule is CCCCCCCC(N)C1CN(C(C)C)CCO1. The molecule has 0 aromatic heterocycles. The molecular formula is C15H32N2O. The Morgan fingerprint density at radius 1 is 1.22 bits per heavy atom. The van der Waals surface area contributed by atoms with Crippen molar-refractivity contribution in [1.29, 1.82) is 0 Å². The van der Waals surface area contributed by atoms with Gasteiger partial charge in [0.15, 0.2) is 0 Å². The summed E-state index contributed by atoms with van der Waals surface area (Å²) in [6.07, 6.45) is 7.95. The number of nitrogens with two attached hydrogens (primary N) is 1. The minimum Gasteiger partial charge on any atom is -0.374 e. The Morgan fingerprint density at radius 2 is 1.94 bits per heavy atom. The molecule has 1 aliphatic rings. The molecule has 0 amide bonds. The van der Waals surface area contributed by atoms with E-state index in [0.29, 0.717) is 6.04 Å². The standard InChI is InChI=1S/C15H32N2O/c1-4-5-6-7-8-9-14(16)15-12-17(13(2)3)10-11-18-15/h13-15H,4-12,16H2,1-3H3. The lowest BCUT2D eigenvalue weighted by atomic mass is 10.0. The van der Waals surface area contributed by atoms with Gasteiger partial charge in [0.2, 0.25) is 0 Å². The molecule has 2 unspecified atom stereocenters. The zero-order chi connectivity index (χ0) is 13.4. The van der Waals surface area contributed by atoms with Crippen molar-refractivity contribution >= 4 is 0 Å². The van der Waals surface area contributed by atoms with Crippen LogP contribution < -0.4 is 5.73 Å². The van der Waals surface area contributed by atoms with Crippen molar-refractivity contribution in [2.45, 2.75) is 77.5 Å². The highest BCUT2D eigenvalue weighted by molar-refractivity contribution is 4.81. The molecule has 1 fully saturated rings. The summed E-state index contributed by atoms with van der Waals surface area (Å²) in [5.74, 6) is 0. The summed E-state index contributed by atoms with van der Waals surface area (Å²) in [5.41, 5.74) is 6.27. The van der Waals surface area contributed by atoms with Crippen molar-refractivity contribution < 1.29 is 4.74 Å². The van der Waals surface area contributed by atoms with Gasteiger partial charge < -0.3 is 10.5 Å². The maximum atomic E-state index is 6.27. The zero-order valence-corrected chi connectivity index (χ0v) is 12.5. The fourth-order valence-corrected chi connectivity index (χ4v) is 2.59. The number of hydrogen-bond acceptors (Lipinski definition) is 3. The molecule has 2 atom stereocenters. The third-order valence-electron chi connectivity index (χ3n) is 3.97. The Morgan fingerprint density at radius 3 is 2.61 bits per heavy atom. The summed E-state index contributed by atoms with van der Waals surface area (Å²) in [7, 11) is 0. The summed E-state index contributed by atoms with van der Waals surface area (Å²) < 4.78 is 5.83. The second-order valence-electron chi connectivity index (χ2n) is 5.86. The van der Waals surface area contributed by atoms with E-state index in [9.17, 15) is 0 Å². The molecule has 0 bridgehead atoms. The van der Waals surface area contributed by atoms with Gasteiger partial charge in [0, 0.05) is 25.2 Å². The van der Waals surface area contributed by atoms with Crippen molar-refractivity contribution in [3.8, 4) is 0 Å². The monoisotopic (exact) mass is 256 g/mol. The molecule has 108 valence electrons. The molecule has 1 heterocycles. The predicted molar refractivity (Wildman–Crippen MR) is 77.8 cm³/mol. The third-order valence-corrected chi connectivity index (χ3v) is 3.97. The van der Waals surface area contributed by atoms with Crippen LogP contribution in [0.25, 0.3) is 0 Å². The number of hydrogen-bond donors (Lipinski definition) is 1. The van der Waals surface area contributed by atoms with Crippen molar-refractivity contribution in [3.05, 3.63) is 0 Å². The average molecular weight is 256 g/mol. The summed E-state index contributed by atoms with van der Waals surface area (Å²) in [6, 6.07) is 0.821. The molecule has 3 heteroatoms. The zero-order valence-electron chi connectivity index (χ0n) is 12.5. The smallest absolute Gasteiger partial charge is 0.0853 e. The highest BCUT2D eigenvalue weighted by Crippen LogP contribution is 2.15. The maximum absolute atomic E-state index is 6.27. The molecule has 0 aromatic carbocycles. The van der Waals surface area contributed by atoms with Crippen LogP contribution in [-0.2, 0) is 4.74 Å². The first kappa shape index (κ1) is 15.9. The van der Waals surface area contributed by atoms with Crippen LogP contribution in [0, 0.1) is 0 Å². The molecule has 1 aliphatic heterocycles. The summed E-state index contributed by atoms with van der Waals surface area (Å²) >= 11 is 0. The van der Waals surface area contributed by atoms with Gasteiger partial charge >= 0.3 is 0 Å². The van der Waals surface area contributed by atoms with Gasteiger partial charge in [0.25, 0.3) is 0 Å². The van der Waals surface area contributed by atoms with Crippen LogP contribution >= 0.6 is 0 Å². The fraction of sp³-hybridized carbons (Fsp3) is 1.00. The van der Waals surface area contributed by atoms with E-state index in [1.165, 1.54) is 32.1 Å². The van der Waals surface area contributed by atoms with Crippen LogP contribution in [0.5, 0.6) is 0 Å². The molecule has 0 radical (unpaired) electrons. The molecule has 0 aromatic rings. The van der Waals surface area contributed by atoms with E-state index in [4.69, 9.17) is 10.5 Å². The van der Waals surface area contributed by atoms with E-state index in [0.717, 1.165) is 26.1 Å². The third kappa shape index (κ3) is 5.68. The maximum Gasteiger partial charge on any atom is 0.0853 e. The topological polar surface area (TPSA) is 38.5 Å². The second-order valence-corrected chi connectivity index (χ2v) is 5.86. The first-order valence-electron chi connectivity index (χ1n) is 7.76. The fourth-order valence-electron chi connectivity index (χ4n) is 2.59. The number of ether oxygens (including phenoxy) is 1. The van der Waals surface area contributed by atoms with E-state index in [1.807, 2.05) is 0 Å². The Hall–Kier alpha value is -0.120. The van der Waals surface area contributed by atoms with Gasteiger partial charge in [-0.25, -0.2) is 0 Å². The average Bonchev–Trinajstić information content (AvgIpc) is 2.38.